The predicted molar refractivity (Wildman–Crippen MR) is 40.9 cm³/mol. The SMILES string of the molecule is CC.O=Cc1ccc(F)nc1. The Labute approximate surface area is 65.1 Å². The number of halogens is 1. The summed E-state index contributed by atoms with van der Waals surface area (Å²) < 4.78 is 12.0. The van der Waals surface area contributed by atoms with Gasteiger partial charge in [0, 0.05) is 11.8 Å². The molecule has 3 heteroatoms. The fourth-order valence-corrected chi connectivity index (χ4v) is 0.457. The van der Waals surface area contributed by atoms with Gasteiger partial charge >= 0.3 is 0 Å². The van der Waals surface area contributed by atoms with E-state index >= 15 is 0 Å². The summed E-state index contributed by atoms with van der Waals surface area (Å²) in [5.74, 6) is -0.569. The zero-order chi connectivity index (χ0) is 8.69. The minimum absolute atomic E-state index is 0.386. The highest BCUT2D eigenvalue weighted by molar-refractivity contribution is 5.73. The molecule has 0 aliphatic carbocycles. The van der Waals surface area contributed by atoms with E-state index in [1.807, 2.05) is 13.8 Å². The van der Waals surface area contributed by atoms with Gasteiger partial charge in [0.15, 0.2) is 6.29 Å². The van der Waals surface area contributed by atoms with Gasteiger partial charge < -0.3 is 0 Å². The van der Waals surface area contributed by atoms with Crippen LogP contribution in [0.2, 0.25) is 0 Å². The van der Waals surface area contributed by atoms with Crippen LogP contribution in [-0.2, 0) is 0 Å². The minimum atomic E-state index is -0.569. The highest BCUT2D eigenvalue weighted by Crippen LogP contribution is 1.93. The van der Waals surface area contributed by atoms with E-state index in [0.29, 0.717) is 11.8 Å². The standard InChI is InChI=1S/C6H4FNO.C2H6/c7-6-2-1-5(4-9)3-8-6;1-2/h1-4H;1-2H3. The van der Waals surface area contributed by atoms with E-state index in [1.165, 1.54) is 12.3 Å². The van der Waals surface area contributed by atoms with Crippen LogP contribution in [0.1, 0.15) is 24.2 Å². The minimum Gasteiger partial charge on any atom is -0.298 e. The number of aldehydes is 1. The van der Waals surface area contributed by atoms with Gasteiger partial charge in [-0.2, -0.15) is 4.39 Å². The van der Waals surface area contributed by atoms with Gasteiger partial charge in [0.25, 0.3) is 0 Å². The molecular weight excluding hydrogens is 145 g/mol. The van der Waals surface area contributed by atoms with Crippen molar-refractivity contribution in [1.82, 2.24) is 4.98 Å². The number of carbonyl (C=O) groups is 1. The predicted octanol–water partition coefficient (Wildman–Crippen LogP) is 2.06. The van der Waals surface area contributed by atoms with Crippen molar-refractivity contribution >= 4 is 6.29 Å². The fourth-order valence-electron chi connectivity index (χ4n) is 0.457. The summed E-state index contributed by atoms with van der Waals surface area (Å²) in [6, 6.07) is 2.51. The van der Waals surface area contributed by atoms with Crippen LogP contribution in [0, 0.1) is 5.95 Å². The number of rotatable bonds is 1. The summed E-state index contributed by atoms with van der Waals surface area (Å²) in [5.41, 5.74) is 0.386. The summed E-state index contributed by atoms with van der Waals surface area (Å²) >= 11 is 0. The Bertz CT molecular complexity index is 208. The van der Waals surface area contributed by atoms with E-state index in [9.17, 15) is 9.18 Å². The molecule has 0 amide bonds. The monoisotopic (exact) mass is 155 g/mol. The largest absolute Gasteiger partial charge is 0.298 e. The van der Waals surface area contributed by atoms with Crippen molar-refractivity contribution in [3.63, 3.8) is 0 Å². The second-order valence-electron chi connectivity index (χ2n) is 1.53. The maximum atomic E-state index is 12.0. The van der Waals surface area contributed by atoms with E-state index in [1.54, 1.807) is 0 Å². The number of hydrogen-bond acceptors (Lipinski definition) is 2. The van der Waals surface area contributed by atoms with Crippen LogP contribution in [0.3, 0.4) is 0 Å². The molecule has 0 saturated carbocycles. The molecule has 0 aliphatic rings. The molecule has 0 bridgehead atoms. The van der Waals surface area contributed by atoms with E-state index < -0.39 is 5.95 Å². The molecular formula is C8H10FNO. The molecule has 0 radical (unpaired) electrons. The summed E-state index contributed by atoms with van der Waals surface area (Å²) in [6.45, 7) is 4.00. The number of aromatic nitrogens is 1. The van der Waals surface area contributed by atoms with E-state index in [4.69, 9.17) is 0 Å². The number of pyridine rings is 1. The Hall–Kier alpha value is -1.25. The highest BCUT2D eigenvalue weighted by Gasteiger charge is 1.89. The first-order chi connectivity index (χ1) is 5.33. The van der Waals surface area contributed by atoms with Gasteiger partial charge in [0.1, 0.15) is 0 Å². The Morgan fingerprint density at radius 3 is 2.45 bits per heavy atom. The van der Waals surface area contributed by atoms with Crippen molar-refractivity contribution in [1.29, 1.82) is 0 Å². The lowest BCUT2D eigenvalue weighted by Crippen LogP contribution is -1.83. The lowest BCUT2D eigenvalue weighted by Gasteiger charge is -1.85. The van der Waals surface area contributed by atoms with Crippen LogP contribution in [0.15, 0.2) is 18.3 Å². The van der Waals surface area contributed by atoms with Crippen LogP contribution >= 0.6 is 0 Å². The van der Waals surface area contributed by atoms with E-state index in [2.05, 4.69) is 4.98 Å². The molecule has 0 aliphatic heterocycles. The maximum absolute atomic E-state index is 12.0. The molecule has 0 atom stereocenters. The van der Waals surface area contributed by atoms with Crippen molar-refractivity contribution in [2.75, 3.05) is 0 Å². The molecule has 1 aromatic heterocycles. The summed E-state index contributed by atoms with van der Waals surface area (Å²) in [4.78, 5) is 13.2. The zero-order valence-corrected chi connectivity index (χ0v) is 6.54. The molecule has 60 valence electrons. The average Bonchev–Trinajstić information content (AvgIpc) is 2.10. The first kappa shape index (κ1) is 9.75. The summed E-state index contributed by atoms with van der Waals surface area (Å²) in [7, 11) is 0. The molecule has 11 heavy (non-hydrogen) atoms. The molecule has 1 aromatic rings. The van der Waals surface area contributed by atoms with Crippen molar-refractivity contribution in [2.45, 2.75) is 13.8 Å². The normalized spacial score (nSPS) is 7.91. The second-order valence-corrected chi connectivity index (χ2v) is 1.53. The van der Waals surface area contributed by atoms with Gasteiger partial charge in [-0.05, 0) is 12.1 Å². The molecule has 0 spiro atoms. The van der Waals surface area contributed by atoms with Gasteiger partial charge in [-0.3, -0.25) is 4.79 Å². The molecule has 0 aromatic carbocycles. The Morgan fingerprint density at radius 1 is 1.45 bits per heavy atom. The molecule has 0 unspecified atom stereocenters. The highest BCUT2D eigenvalue weighted by atomic mass is 19.1. The molecule has 0 fully saturated rings. The van der Waals surface area contributed by atoms with Crippen LogP contribution in [-0.4, -0.2) is 11.3 Å². The third kappa shape index (κ3) is 3.45. The van der Waals surface area contributed by atoms with Crippen LogP contribution in [0.25, 0.3) is 0 Å². The third-order valence-corrected chi connectivity index (χ3v) is 0.886. The Kier molecular flexibility index (Phi) is 4.90. The van der Waals surface area contributed by atoms with Gasteiger partial charge in [0.05, 0.1) is 0 Å². The Morgan fingerprint density at radius 2 is 2.09 bits per heavy atom. The van der Waals surface area contributed by atoms with Crippen molar-refractivity contribution < 1.29 is 9.18 Å². The first-order valence-electron chi connectivity index (χ1n) is 3.39. The molecule has 2 nitrogen and oxygen atoms in total. The molecule has 0 saturated heterocycles. The molecule has 0 N–H and O–H groups in total. The first-order valence-corrected chi connectivity index (χ1v) is 3.39. The average molecular weight is 155 g/mol. The van der Waals surface area contributed by atoms with Gasteiger partial charge in [-0.25, -0.2) is 4.98 Å². The number of hydrogen-bond donors (Lipinski definition) is 0. The maximum Gasteiger partial charge on any atom is 0.212 e. The van der Waals surface area contributed by atoms with E-state index in [0.717, 1.165) is 6.07 Å². The van der Waals surface area contributed by atoms with Gasteiger partial charge in [0.2, 0.25) is 5.95 Å². The summed E-state index contributed by atoms with van der Waals surface area (Å²) in [6.07, 6.45) is 1.80. The zero-order valence-electron chi connectivity index (χ0n) is 6.54. The van der Waals surface area contributed by atoms with Crippen molar-refractivity contribution in [3.8, 4) is 0 Å². The molecule has 1 heterocycles. The smallest absolute Gasteiger partial charge is 0.212 e. The van der Waals surface area contributed by atoms with Crippen molar-refractivity contribution in [3.05, 3.63) is 29.8 Å². The van der Waals surface area contributed by atoms with Gasteiger partial charge in [-0.15, -0.1) is 0 Å². The van der Waals surface area contributed by atoms with E-state index in [-0.39, 0.29) is 0 Å². The van der Waals surface area contributed by atoms with Crippen molar-refractivity contribution in [2.24, 2.45) is 0 Å². The third-order valence-electron chi connectivity index (χ3n) is 0.886. The lowest BCUT2D eigenvalue weighted by atomic mass is 10.3. The quantitative estimate of drug-likeness (QED) is 0.459. The lowest BCUT2D eigenvalue weighted by molar-refractivity contribution is 0.112. The fraction of sp³-hybridized carbons (Fsp3) is 0.250. The second kappa shape index (κ2) is 5.53. The van der Waals surface area contributed by atoms with Gasteiger partial charge in [-0.1, -0.05) is 13.8 Å². The summed E-state index contributed by atoms with van der Waals surface area (Å²) in [5, 5.41) is 0. The molecule has 1 rings (SSSR count). The van der Waals surface area contributed by atoms with Crippen LogP contribution in [0.4, 0.5) is 4.39 Å². The van der Waals surface area contributed by atoms with Crippen LogP contribution < -0.4 is 0 Å². The van der Waals surface area contributed by atoms with Crippen LogP contribution in [0.5, 0.6) is 0 Å². The topological polar surface area (TPSA) is 30.0 Å². The number of carbonyl (C=O) groups excluding carboxylic acids is 1. The Balaban J connectivity index is 0.000000461. The number of nitrogens with zero attached hydrogens (tertiary/aromatic N) is 1.